The van der Waals surface area contributed by atoms with Crippen molar-refractivity contribution >= 4 is 17.1 Å². The molecule has 0 unspecified atom stereocenters. The number of hydrogen-bond donors (Lipinski definition) is 2. The summed E-state index contributed by atoms with van der Waals surface area (Å²) in [5.74, 6) is 0.500. The second-order valence-electron chi connectivity index (χ2n) is 6.55. The normalized spacial score (nSPS) is 25.3. The van der Waals surface area contributed by atoms with Crippen LogP contribution in [0, 0.1) is 0 Å². The van der Waals surface area contributed by atoms with Crippen LogP contribution in [-0.2, 0) is 0 Å². The quantitative estimate of drug-likeness (QED) is 0.852. The van der Waals surface area contributed by atoms with Crippen LogP contribution in [0.5, 0.6) is 0 Å². The van der Waals surface area contributed by atoms with Crippen LogP contribution in [0.3, 0.4) is 0 Å². The molecule has 0 aromatic heterocycles. The number of carbonyl (C=O) groups excluding carboxylic acids is 1. The Labute approximate surface area is 131 Å². The van der Waals surface area contributed by atoms with Gasteiger partial charge in [-0.15, -0.1) is 0 Å². The molecule has 1 aliphatic heterocycles. The summed E-state index contributed by atoms with van der Waals surface area (Å²) in [6, 6.07) is 13.6. The summed E-state index contributed by atoms with van der Waals surface area (Å²) in [5.41, 5.74) is 2.11. The summed E-state index contributed by atoms with van der Waals surface area (Å²) in [7, 11) is 0. The third-order valence-electron chi connectivity index (χ3n) is 5.10. The number of nitrogens with one attached hydrogen (secondary N) is 2. The Hall–Kier alpha value is -1.71. The molecular formula is C19H22N2O. The van der Waals surface area contributed by atoms with Crippen LogP contribution >= 0.6 is 0 Å². The van der Waals surface area contributed by atoms with Crippen LogP contribution in [0.2, 0.25) is 0 Å². The van der Waals surface area contributed by atoms with Gasteiger partial charge in [0.05, 0.1) is 0 Å². The minimum absolute atomic E-state index is 0.500. The van der Waals surface area contributed by atoms with Gasteiger partial charge >= 0.3 is 0 Å². The summed E-state index contributed by atoms with van der Waals surface area (Å²) in [5, 5.41) is 9.42. The molecule has 2 atom stereocenters. The Morgan fingerprint density at radius 2 is 1.91 bits per heavy atom. The number of aldehydes is 1. The lowest BCUT2D eigenvalue weighted by Gasteiger charge is -2.24. The maximum atomic E-state index is 11.6. The number of piperidine rings is 1. The zero-order valence-electron chi connectivity index (χ0n) is 12.7. The van der Waals surface area contributed by atoms with Crippen molar-refractivity contribution in [3.63, 3.8) is 0 Å². The lowest BCUT2D eigenvalue weighted by molar-refractivity contribution is 0.112. The van der Waals surface area contributed by atoms with E-state index >= 15 is 0 Å². The van der Waals surface area contributed by atoms with E-state index in [0.29, 0.717) is 18.0 Å². The molecule has 0 spiro atoms. The Bertz CT molecular complexity index is 691. The summed E-state index contributed by atoms with van der Waals surface area (Å²) < 4.78 is 0. The zero-order chi connectivity index (χ0) is 14.9. The van der Waals surface area contributed by atoms with Gasteiger partial charge in [-0.1, -0.05) is 36.4 Å². The molecule has 2 aliphatic rings. The van der Waals surface area contributed by atoms with E-state index in [1.165, 1.54) is 18.4 Å². The van der Waals surface area contributed by atoms with Gasteiger partial charge in [-0.2, -0.15) is 0 Å². The molecule has 4 rings (SSSR count). The third-order valence-corrected chi connectivity index (χ3v) is 5.10. The maximum Gasteiger partial charge on any atom is 0.150 e. The van der Waals surface area contributed by atoms with E-state index in [9.17, 15) is 4.79 Å². The van der Waals surface area contributed by atoms with Gasteiger partial charge in [0, 0.05) is 23.6 Å². The second-order valence-corrected chi connectivity index (χ2v) is 6.55. The molecule has 3 heteroatoms. The van der Waals surface area contributed by atoms with Crippen molar-refractivity contribution in [2.75, 3.05) is 13.1 Å². The van der Waals surface area contributed by atoms with E-state index in [1.807, 2.05) is 12.1 Å². The van der Waals surface area contributed by atoms with E-state index in [1.54, 1.807) is 0 Å². The van der Waals surface area contributed by atoms with E-state index < -0.39 is 0 Å². The van der Waals surface area contributed by atoms with Gasteiger partial charge in [-0.3, -0.25) is 4.79 Å². The van der Waals surface area contributed by atoms with Crippen molar-refractivity contribution in [1.82, 2.24) is 10.6 Å². The fourth-order valence-corrected chi connectivity index (χ4v) is 3.78. The Balaban J connectivity index is 1.56. The van der Waals surface area contributed by atoms with Crippen LogP contribution in [-0.4, -0.2) is 31.5 Å². The molecule has 22 heavy (non-hydrogen) atoms. The highest BCUT2D eigenvalue weighted by molar-refractivity contribution is 5.99. The molecule has 0 bridgehead atoms. The van der Waals surface area contributed by atoms with Crippen molar-refractivity contribution in [3.8, 4) is 0 Å². The summed E-state index contributed by atoms with van der Waals surface area (Å²) in [6.45, 7) is 2.23. The van der Waals surface area contributed by atoms with Gasteiger partial charge in [-0.25, -0.2) is 0 Å². The Morgan fingerprint density at radius 3 is 2.73 bits per heavy atom. The number of hydrogen-bond acceptors (Lipinski definition) is 3. The number of carbonyl (C=O) groups is 1. The van der Waals surface area contributed by atoms with Crippen molar-refractivity contribution < 1.29 is 4.79 Å². The molecule has 1 aliphatic carbocycles. The molecule has 2 aromatic rings. The van der Waals surface area contributed by atoms with E-state index in [4.69, 9.17) is 0 Å². The van der Waals surface area contributed by atoms with Crippen molar-refractivity contribution in [2.24, 2.45) is 0 Å². The van der Waals surface area contributed by atoms with Gasteiger partial charge in [0.2, 0.25) is 0 Å². The highest BCUT2D eigenvalue weighted by atomic mass is 16.1. The van der Waals surface area contributed by atoms with Crippen LogP contribution < -0.4 is 10.6 Å². The third kappa shape index (κ3) is 2.55. The largest absolute Gasteiger partial charge is 0.317 e. The molecule has 2 aromatic carbocycles. The molecule has 2 N–H and O–H groups in total. The molecule has 2 fully saturated rings. The summed E-state index contributed by atoms with van der Waals surface area (Å²) in [4.78, 5) is 11.6. The fraction of sp³-hybridized carbons (Fsp3) is 0.421. The molecule has 0 radical (unpaired) electrons. The van der Waals surface area contributed by atoms with Crippen molar-refractivity contribution in [2.45, 2.75) is 37.3 Å². The topological polar surface area (TPSA) is 41.1 Å². The molecule has 3 nitrogen and oxygen atoms in total. The van der Waals surface area contributed by atoms with Crippen LogP contribution in [0.25, 0.3) is 10.8 Å². The first kappa shape index (κ1) is 13.9. The van der Waals surface area contributed by atoms with Gasteiger partial charge in [-0.05, 0) is 48.7 Å². The van der Waals surface area contributed by atoms with Gasteiger partial charge in [0.1, 0.15) is 0 Å². The first-order valence-electron chi connectivity index (χ1n) is 8.30. The second kappa shape index (κ2) is 5.82. The van der Waals surface area contributed by atoms with Gasteiger partial charge in [0.25, 0.3) is 0 Å². The first-order chi connectivity index (χ1) is 10.9. The smallest absolute Gasteiger partial charge is 0.150 e. The highest BCUT2D eigenvalue weighted by Gasteiger charge is 2.40. The molecular weight excluding hydrogens is 272 g/mol. The SMILES string of the molecule is O=Cc1c([C@H]2C[C@@H]2NC2CCNCC2)ccc2ccccc12. The summed E-state index contributed by atoms with van der Waals surface area (Å²) in [6.07, 6.45) is 4.61. The molecule has 1 saturated heterocycles. The van der Waals surface area contributed by atoms with Crippen molar-refractivity contribution in [1.29, 1.82) is 0 Å². The van der Waals surface area contributed by atoms with Crippen LogP contribution in [0.4, 0.5) is 0 Å². The number of fused-ring (bicyclic) bond motifs is 1. The minimum Gasteiger partial charge on any atom is -0.317 e. The predicted molar refractivity (Wildman–Crippen MR) is 89.5 cm³/mol. The lowest BCUT2D eigenvalue weighted by Crippen LogP contribution is -2.41. The average molecular weight is 294 g/mol. The lowest BCUT2D eigenvalue weighted by atomic mass is 9.96. The Morgan fingerprint density at radius 1 is 1.09 bits per heavy atom. The standard InChI is InChI=1S/C19H22N2O/c22-12-18-15-4-2-1-3-13(15)5-6-16(18)17-11-19(17)21-14-7-9-20-10-8-14/h1-6,12,14,17,19-21H,7-11H2/t17-,19+/m1/s1. The molecule has 1 saturated carbocycles. The summed E-state index contributed by atoms with van der Waals surface area (Å²) >= 11 is 0. The molecule has 1 heterocycles. The number of rotatable bonds is 4. The van der Waals surface area contributed by atoms with E-state index in [2.05, 4.69) is 34.9 Å². The van der Waals surface area contributed by atoms with Gasteiger partial charge < -0.3 is 10.6 Å². The molecule has 0 amide bonds. The monoisotopic (exact) mass is 294 g/mol. The number of benzene rings is 2. The fourth-order valence-electron chi connectivity index (χ4n) is 3.78. The van der Waals surface area contributed by atoms with Crippen LogP contribution in [0.15, 0.2) is 36.4 Å². The highest BCUT2D eigenvalue weighted by Crippen LogP contribution is 2.44. The van der Waals surface area contributed by atoms with Gasteiger partial charge in [0.15, 0.2) is 6.29 Å². The Kier molecular flexibility index (Phi) is 3.68. The molecule has 114 valence electrons. The van der Waals surface area contributed by atoms with E-state index in [-0.39, 0.29) is 0 Å². The van der Waals surface area contributed by atoms with Crippen molar-refractivity contribution in [3.05, 3.63) is 47.5 Å². The minimum atomic E-state index is 0.500. The average Bonchev–Trinajstić information content (AvgIpc) is 3.33. The zero-order valence-corrected chi connectivity index (χ0v) is 12.7. The van der Waals surface area contributed by atoms with E-state index in [0.717, 1.165) is 42.1 Å². The first-order valence-corrected chi connectivity index (χ1v) is 8.30. The van der Waals surface area contributed by atoms with Crippen LogP contribution in [0.1, 0.15) is 41.1 Å². The predicted octanol–water partition coefficient (Wildman–Crippen LogP) is 2.85. The maximum absolute atomic E-state index is 11.6.